The molecule has 0 heterocycles. The minimum Gasteiger partial charge on any atom is -0.348 e. The van der Waals surface area contributed by atoms with Gasteiger partial charge in [-0.05, 0) is 29.5 Å². The van der Waals surface area contributed by atoms with Gasteiger partial charge in [-0.25, -0.2) is 0 Å². The molecule has 0 radical (unpaired) electrons. The first-order chi connectivity index (χ1) is 4.93. The maximum atomic E-state index is 4.76. The molecule has 1 aromatic rings. The van der Waals surface area contributed by atoms with Gasteiger partial charge in [-0.3, -0.25) is 0 Å². The summed E-state index contributed by atoms with van der Waals surface area (Å²) >= 11 is 4.31. The van der Waals surface area contributed by atoms with Crippen molar-refractivity contribution in [2.45, 2.75) is 0 Å². The first kappa shape index (κ1) is 6.93. The van der Waals surface area contributed by atoms with Crippen LogP contribution < -0.4 is 4.84 Å². The van der Waals surface area contributed by atoms with E-state index in [1.54, 1.807) is 12.1 Å². The minimum absolute atomic E-state index is 0.667. The summed E-state index contributed by atoms with van der Waals surface area (Å²) in [6, 6.07) is 9.18. The Morgan fingerprint density at radius 3 is 2.60 bits per heavy atom. The van der Waals surface area contributed by atoms with Crippen molar-refractivity contribution in [2.75, 3.05) is 0 Å². The summed E-state index contributed by atoms with van der Waals surface area (Å²) < 4.78 is 0. The van der Waals surface area contributed by atoms with E-state index in [0.717, 1.165) is 0 Å². The van der Waals surface area contributed by atoms with E-state index in [-0.39, 0.29) is 0 Å². The predicted octanol–water partition coefficient (Wildman–Crippen LogP) is 2.08. The second-order valence-corrected chi connectivity index (χ2v) is 1.77. The Morgan fingerprint density at radius 1 is 1.30 bits per heavy atom. The van der Waals surface area contributed by atoms with E-state index < -0.39 is 0 Å². The number of nitrogens with zero attached hydrogens (tertiary/aromatic N) is 1. The summed E-state index contributed by atoms with van der Waals surface area (Å²) in [5, 5.41) is 5.41. The van der Waals surface area contributed by atoms with Crippen molar-refractivity contribution in [3.63, 3.8) is 0 Å². The Morgan fingerprint density at radius 2 is 2.00 bits per heavy atom. The summed E-state index contributed by atoms with van der Waals surface area (Å²) in [7, 11) is 0. The van der Waals surface area contributed by atoms with Crippen LogP contribution in [0.15, 0.2) is 35.5 Å². The van der Waals surface area contributed by atoms with E-state index in [2.05, 4.69) is 22.5 Å². The van der Waals surface area contributed by atoms with Crippen molar-refractivity contribution in [3.05, 3.63) is 30.3 Å². The summed E-state index contributed by atoms with van der Waals surface area (Å²) in [6.45, 7) is 0. The quantitative estimate of drug-likeness (QED) is 0.366. The lowest BCUT2D eigenvalue weighted by atomic mass is 10.3. The fourth-order valence-electron chi connectivity index (χ4n) is 0.553. The standard InChI is InChI=1S/C7H5NOS/c10-6-8-9-7-4-2-1-3-5-7/h1-5H. The van der Waals surface area contributed by atoms with Crippen molar-refractivity contribution < 1.29 is 4.84 Å². The van der Waals surface area contributed by atoms with E-state index in [9.17, 15) is 0 Å². The zero-order chi connectivity index (χ0) is 7.23. The molecule has 0 amide bonds. The number of para-hydroxylation sites is 1. The molecule has 1 aromatic carbocycles. The highest BCUT2D eigenvalue weighted by atomic mass is 32.1. The highest BCUT2D eigenvalue weighted by Gasteiger charge is 1.84. The van der Waals surface area contributed by atoms with E-state index in [1.165, 1.54) is 0 Å². The monoisotopic (exact) mass is 151 g/mol. The topological polar surface area (TPSA) is 21.6 Å². The molecule has 50 valence electrons. The highest BCUT2D eigenvalue weighted by molar-refractivity contribution is 7.78. The molecule has 0 saturated heterocycles. The predicted molar refractivity (Wildman–Crippen MR) is 42.1 cm³/mol. The SMILES string of the molecule is S=C=NOc1ccccc1. The largest absolute Gasteiger partial charge is 0.348 e. The molecule has 2 nitrogen and oxygen atoms in total. The Bertz CT molecular complexity index is 241. The third-order valence-corrected chi connectivity index (χ3v) is 1.01. The fraction of sp³-hybridized carbons (Fsp3) is 0. The third kappa shape index (κ3) is 1.97. The van der Waals surface area contributed by atoms with E-state index >= 15 is 0 Å². The molecule has 0 aromatic heterocycles. The van der Waals surface area contributed by atoms with Crippen LogP contribution >= 0.6 is 12.2 Å². The molecule has 1 rings (SSSR count). The first-order valence-corrected chi connectivity index (χ1v) is 3.13. The number of isothiocyanates is 1. The van der Waals surface area contributed by atoms with Crippen LogP contribution in [0.3, 0.4) is 0 Å². The van der Waals surface area contributed by atoms with Crippen LogP contribution in [0, 0.1) is 0 Å². The summed E-state index contributed by atoms with van der Waals surface area (Å²) in [6.07, 6.45) is 0. The van der Waals surface area contributed by atoms with Crippen molar-refractivity contribution >= 4 is 17.4 Å². The number of benzene rings is 1. The molecule has 0 saturated carbocycles. The van der Waals surface area contributed by atoms with Crippen LogP contribution in [0.5, 0.6) is 5.75 Å². The lowest BCUT2D eigenvalue weighted by Gasteiger charge is -1.91. The molecule has 0 fully saturated rings. The lowest BCUT2D eigenvalue weighted by Crippen LogP contribution is -1.78. The summed E-state index contributed by atoms with van der Waals surface area (Å²) in [4.78, 5) is 4.76. The van der Waals surface area contributed by atoms with Gasteiger partial charge in [0.25, 0.3) is 0 Å². The molecule has 0 atom stereocenters. The first-order valence-electron chi connectivity index (χ1n) is 2.73. The van der Waals surface area contributed by atoms with Gasteiger partial charge in [-0.1, -0.05) is 18.2 Å². The molecule has 0 aliphatic heterocycles. The molecule has 0 bridgehead atoms. The van der Waals surface area contributed by atoms with Gasteiger partial charge < -0.3 is 4.84 Å². The molecular formula is C7H5NOS. The number of thiocarbonyl (C=S) groups is 1. The van der Waals surface area contributed by atoms with Crippen LogP contribution in [-0.2, 0) is 0 Å². The van der Waals surface area contributed by atoms with Gasteiger partial charge in [-0.2, -0.15) is 0 Å². The van der Waals surface area contributed by atoms with Crippen molar-refractivity contribution in [3.8, 4) is 5.75 Å². The zero-order valence-corrected chi connectivity index (χ0v) is 5.97. The average molecular weight is 151 g/mol. The van der Waals surface area contributed by atoms with Crippen LogP contribution in [0.1, 0.15) is 0 Å². The lowest BCUT2D eigenvalue weighted by molar-refractivity contribution is 0.345. The highest BCUT2D eigenvalue weighted by Crippen LogP contribution is 2.07. The van der Waals surface area contributed by atoms with Crippen LogP contribution in [0.25, 0.3) is 0 Å². The molecule has 0 spiro atoms. The smallest absolute Gasteiger partial charge is 0.158 e. The zero-order valence-electron chi connectivity index (χ0n) is 5.15. The molecule has 0 aliphatic carbocycles. The van der Waals surface area contributed by atoms with Crippen molar-refractivity contribution in [2.24, 2.45) is 5.16 Å². The average Bonchev–Trinajstić information content (AvgIpc) is 2.03. The van der Waals surface area contributed by atoms with Crippen molar-refractivity contribution in [1.82, 2.24) is 0 Å². The van der Waals surface area contributed by atoms with Gasteiger partial charge in [0.15, 0.2) is 5.75 Å². The van der Waals surface area contributed by atoms with Gasteiger partial charge in [-0.15, -0.1) is 0 Å². The van der Waals surface area contributed by atoms with Crippen LogP contribution in [-0.4, -0.2) is 5.16 Å². The molecule has 10 heavy (non-hydrogen) atoms. The van der Waals surface area contributed by atoms with E-state index in [0.29, 0.717) is 5.75 Å². The van der Waals surface area contributed by atoms with Gasteiger partial charge in [0, 0.05) is 0 Å². The molecule has 3 heteroatoms. The van der Waals surface area contributed by atoms with Gasteiger partial charge in [0.1, 0.15) is 5.16 Å². The third-order valence-electron chi connectivity index (χ3n) is 0.932. The Kier molecular flexibility index (Phi) is 2.62. The van der Waals surface area contributed by atoms with Crippen molar-refractivity contribution in [1.29, 1.82) is 0 Å². The number of hydrogen-bond acceptors (Lipinski definition) is 3. The molecule has 0 unspecified atom stereocenters. The van der Waals surface area contributed by atoms with Gasteiger partial charge >= 0.3 is 0 Å². The van der Waals surface area contributed by atoms with Crippen LogP contribution in [0.4, 0.5) is 0 Å². The maximum absolute atomic E-state index is 4.76. The minimum atomic E-state index is 0.667. The molecular weight excluding hydrogens is 146 g/mol. The number of rotatable bonds is 2. The summed E-state index contributed by atoms with van der Waals surface area (Å²) in [5.41, 5.74) is 0. The number of hydrogen-bond donors (Lipinski definition) is 0. The van der Waals surface area contributed by atoms with E-state index in [4.69, 9.17) is 4.84 Å². The Hall–Kier alpha value is -1.18. The molecule has 0 N–H and O–H groups in total. The van der Waals surface area contributed by atoms with E-state index in [1.807, 2.05) is 18.2 Å². The summed E-state index contributed by atoms with van der Waals surface area (Å²) in [5.74, 6) is 0.667. The molecule has 0 aliphatic rings. The Labute approximate surface area is 64.1 Å². The van der Waals surface area contributed by atoms with Gasteiger partial charge in [0.05, 0.1) is 0 Å². The van der Waals surface area contributed by atoms with Crippen LogP contribution in [0.2, 0.25) is 0 Å². The van der Waals surface area contributed by atoms with Gasteiger partial charge in [0.2, 0.25) is 0 Å². The normalized spacial score (nSPS) is 8.00. The Balaban J connectivity index is 2.67. The maximum Gasteiger partial charge on any atom is 0.158 e. The second-order valence-electron chi connectivity index (χ2n) is 1.59. The fourth-order valence-corrected chi connectivity index (χ4v) is 0.590. The second kappa shape index (κ2) is 3.77.